The van der Waals surface area contributed by atoms with Crippen molar-refractivity contribution in [1.29, 1.82) is 0 Å². The number of nitrogens with zero attached hydrogens (tertiary/aromatic N) is 1. The Balaban J connectivity index is 1.71. The van der Waals surface area contributed by atoms with Gasteiger partial charge in [-0.05, 0) is 26.0 Å². The van der Waals surface area contributed by atoms with Crippen LogP contribution in [0.4, 0.5) is 0 Å². The summed E-state index contributed by atoms with van der Waals surface area (Å²) in [5.74, 6) is 1.04. The Hall–Kier alpha value is -2.28. The standard InChI is InChI=1S/C15H17N3O3S/c1-10-13(11(2)21-18-10)8-22-9-14(19)16-17-15(20)12-6-4-3-5-7-12/h3-7H,8-9H2,1-2H3,(H,16,19)(H,17,20). The largest absolute Gasteiger partial charge is 0.361 e. The first-order valence-corrected chi connectivity index (χ1v) is 7.87. The molecule has 22 heavy (non-hydrogen) atoms. The molecule has 0 aliphatic heterocycles. The summed E-state index contributed by atoms with van der Waals surface area (Å²) in [6.07, 6.45) is 0. The highest BCUT2D eigenvalue weighted by Gasteiger charge is 2.11. The Bertz CT molecular complexity index is 636. The number of nitrogens with one attached hydrogen (secondary N) is 2. The van der Waals surface area contributed by atoms with Crippen LogP contribution in [0.3, 0.4) is 0 Å². The number of aromatic nitrogens is 1. The Morgan fingerprint density at radius 3 is 2.55 bits per heavy atom. The SMILES string of the molecule is Cc1noc(C)c1CSCC(=O)NNC(=O)c1ccccc1. The second-order valence-electron chi connectivity index (χ2n) is 4.66. The molecule has 2 N–H and O–H groups in total. The fraction of sp³-hybridized carbons (Fsp3) is 0.267. The molecule has 1 aromatic carbocycles. The molecule has 7 heteroatoms. The van der Waals surface area contributed by atoms with Crippen LogP contribution >= 0.6 is 11.8 Å². The lowest BCUT2D eigenvalue weighted by atomic mass is 10.2. The number of hydrogen-bond donors (Lipinski definition) is 2. The number of carbonyl (C=O) groups is 2. The summed E-state index contributed by atoms with van der Waals surface area (Å²) in [5.41, 5.74) is 7.11. The van der Waals surface area contributed by atoms with Crippen LogP contribution < -0.4 is 10.9 Å². The number of hydrogen-bond acceptors (Lipinski definition) is 5. The molecule has 1 aromatic heterocycles. The minimum atomic E-state index is -0.343. The zero-order chi connectivity index (χ0) is 15.9. The number of aryl methyl sites for hydroxylation is 2. The van der Waals surface area contributed by atoms with Crippen LogP contribution in [0.5, 0.6) is 0 Å². The van der Waals surface area contributed by atoms with Gasteiger partial charge in [-0.25, -0.2) is 0 Å². The molecule has 0 aliphatic carbocycles. The van der Waals surface area contributed by atoms with Gasteiger partial charge in [0.2, 0.25) is 5.91 Å². The van der Waals surface area contributed by atoms with Crippen LogP contribution in [-0.4, -0.2) is 22.7 Å². The smallest absolute Gasteiger partial charge is 0.269 e. The van der Waals surface area contributed by atoms with Gasteiger partial charge in [0.1, 0.15) is 5.76 Å². The molecule has 2 aromatic rings. The predicted octanol–water partition coefficient (Wildman–Crippen LogP) is 1.99. The average Bonchev–Trinajstić information content (AvgIpc) is 2.85. The van der Waals surface area contributed by atoms with Crippen molar-refractivity contribution >= 4 is 23.6 Å². The van der Waals surface area contributed by atoms with E-state index >= 15 is 0 Å². The molecule has 2 rings (SSSR count). The van der Waals surface area contributed by atoms with Gasteiger partial charge in [-0.3, -0.25) is 20.4 Å². The van der Waals surface area contributed by atoms with Crippen molar-refractivity contribution in [3.63, 3.8) is 0 Å². The predicted molar refractivity (Wildman–Crippen MR) is 84.2 cm³/mol. The van der Waals surface area contributed by atoms with Gasteiger partial charge in [0.25, 0.3) is 5.91 Å². The highest BCUT2D eigenvalue weighted by atomic mass is 32.2. The van der Waals surface area contributed by atoms with E-state index in [0.717, 1.165) is 17.0 Å². The Kier molecular flexibility index (Phi) is 5.60. The molecule has 6 nitrogen and oxygen atoms in total. The van der Waals surface area contributed by atoms with Crippen LogP contribution in [0.15, 0.2) is 34.9 Å². The van der Waals surface area contributed by atoms with E-state index in [1.165, 1.54) is 11.8 Å². The summed E-state index contributed by atoms with van der Waals surface area (Å²) in [5, 5.41) is 3.86. The minimum absolute atomic E-state index is 0.235. The number of benzene rings is 1. The van der Waals surface area contributed by atoms with E-state index in [-0.39, 0.29) is 17.6 Å². The Labute approximate surface area is 132 Å². The Morgan fingerprint density at radius 1 is 1.18 bits per heavy atom. The zero-order valence-electron chi connectivity index (χ0n) is 12.4. The lowest BCUT2D eigenvalue weighted by Crippen LogP contribution is -2.42. The monoisotopic (exact) mass is 319 g/mol. The van der Waals surface area contributed by atoms with Crippen molar-refractivity contribution in [2.24, 2.45) is 0 Å². The molecule has 0 aliphatic rings. The normalized spacial score (nSPS) is 10.3. The van der Waals surface area contributed by atoms with E-state index in [1.54, 1.807) is 24.3 Å². The first-order valence-electron chi connectivity index (χ1n) is 6.71. The Morgan fingerprint density at radius 2 is 1.91 bits per heavy atom. The van der Waals surface area contributed by atoms with Crippen LogP contribution in [0, 0.1) is 13.8 Å². The van der Waals surface area contributed by atoms with Crippen LogP contribution in [0.2, 0.25) is 0 Å². The minimum Gasteiger partial charge on any atom is -0.361 e. The van der Waals surface area contributed by atoms with Crippen molar-refractivity contribution < 1.29 is 14.1 Å². The van der Waals surface area contributed by atoms with Crippen LogP contribution in [0.25, 0.3) is 0 Å². The highest BCUT2D eigenvalue weighted by Crippen LogP contribution is 2.19. The van der Waals surface area contributed by atoms with Gasteiger partial charge in [-0.15, -0.1) is 11.8 Å². The maximum atomic E-state index is 11.7. The lowest BCUT2D eigenvalue weighted by molar-refractivity contribution is -0.119. The molecular formula is C15H17N3O3S. The summed E-state index contributed by atoms with van der Waals surface area (Å²) in [7, 11) is 0. The van der Waals surface area contributed by atoms with Gasteiger partial charge >= 0.3 is 0 Å². The fourth-order valence-corrected chi connectivity index (χ4v) is 2.75. The molecule has 0 saturated heterocycles. The van der Waals surface area contributed by atoms with Crippen molar-refractivity contribution in [2.75, 3.05) is 5.75 Å². The number of rotatable bonds is 5. The molecule has 0 fully saturated rings. The third-order valence-corrected chi connectivity index (χ3v) is 3.97. The van der Waals surface area contributed by atoms with Crippen LogP contribution in [-0.2, 0) is 10.5 Å². The molecular weight excluding hydrogens is 302 g/mol. The lowest BCUT2D eigenvalue weighted by Gasteiger charge is -2.07. The van der Waals surface area contributed by atoms with Gasteiger partial charge in [0.05, 0.1) is 11.4 Å². The molecule has 2 amide bonds. The number of thioether (sulfide) groups is 1. The molecule has 1 heterocycles. The number of hydrazine groups is 1. The molecule has 0 bridgehead atoms. The van der Waals surface area contributed by atoms with E-state index in [4.69, 9.17) is 4.52 Å². The van der Waals surface area contributed by atoms with E-state index in [9.17, 15) is 9.59 Å². The van der Waals surface area contributed by atoms with Gasteiger partial charge in [0.15, 0.2) is 0 Å². The maximum absolute atomic E-state index is 11.7. The topological polar surface area (TPSA) is 84.2 Å². The fourth-order valence-electron chi connectivity index (χ4n) is 1.78. The van der Waals surface area contributed by atoms with Crippen molar-refractivity contribution in [2.45, 2.75) is 19.6 Å². The first-order chi connectivity index (χ1) is 10.6. The van der Waals surface area contributed by atoms with Crippen molar-refractivity contribution in [3.05, 3.63) is 52.9 Å². The molecule has 0 spiro atoms. The van der Waals surface area contributed by atoms with Gasteiger partial charge < -0.3 is 4.52 Å². The maximum Gasteiger partial charge on any atom is 0.269 e. The third kappa shape index (κ3) is 4.36. The quantitative estimate of drug-likeness (QED) is 0.823. The van der Waals surface area contributed by atoms with Gasteiger partial charge in [-0.1, -0.05) is 23.4 Å². The second kappa shape index (κ2) is 7.65. The molecule has 0 atom stereocenters. The van der Waals surface area contributed by atoms with E-state index in [2.05, 4.69) is 16.0 Å². The molecule has 0 radical (unpaired) electrons. The summed E-state index contributed by atoms with van der Waals surface area (Å²) in [6, 6.07) is 8.69. The van der Waals surface area contributed by atoms with Crippen molar-refractivity contribution in [1.82, 2.24) is 16.0 Å². The van der Waals surface area contributed by atoms with E-state index in [0.29, 0.717) is 11.3 Å². The molecule has 0 unspecified atom stereocenters. The zero-order valence-corrected chi connectivity index (χ0v) is 13.2. The van der Waals surface area contributed by atoms with E-state index in [1.807, 2.05) is 19.9 Å². The average molecular weight is 319 g/mol. The number of carbonyl (C=O) groups excluding carboxylic acids is 2. The highest BCUT2D eigenvalue weighted by molar-refractivity contribution is 7.99. The summed E-state index contributed by atoms with van der Waals surface area (Å²) >= 11 is 1.43. The number of amides is 2. The van der Waals surface area contributed by atoms with Gasteiger partial charge in [0, 0.05) is 16.9 Å². The summed E-state index contributed by atoms with van der Waals surface area (Å²) < 4.78 is 5.06. The summed E-state index contributed by atoms with van der Waals surface area (Å²) in [6.45, 7) is 3.71. The first kappa shape index (κ1) is 16.1. The molecule has 0 saturated carbocycles. The van der Waals surface area contributed by atoms with E-state index < -0.39 is 0 Å². The second-order valence-corrected chi connectivity index (χ2v) is 5.65. The van der Waals surface area contributed by atoms with Gasteiger partial charge in [-0.2, -0.15) is 0 Å². The third-order valence-electron chi connectivity index (χ3n) is 3.01. The molecule has 116 valence electrons. The summed E-state index contributed by atoms with van der Waals surface area (Å²) in [4.78, 5) is 23.4. The van der Waals surface area contributed by atoms with Crippen LogP contribution in [0.1, 0.15) is 27.4 Å². The van der Waals surface area contributed by atoms with Crippen molar-refractivity contribution in [3.8, 4) is 0 Å².